The number of aromatic amines is 1. The summed E-state index contributed by atoms with van der Waals surface area (Å²) in [6.07, 6.45) is -3.10. The van der Waals surface area contributed by atoms with Crippen LogP contribution < -0.4 is 36.7 Å². The van der Waals surface area contributed by atoms with Gasteiger partial charge in [0.05, 0.1) is 50.1 Å². The Kier molecular flexibility index (Phi) is 12.8. The molecule has 0 radical (unpaired) electrons. The molecule has 7 heterocycles. The Hall–Kier alpha value is -4.92. The van der Waals surface area contributed by atoms with E-state index in [-0.39, 0.29) is 45.6 Å². The van der Waals surface area contributed by atoms with Crippen LogP contribution in [0.15, 0.2) is 72.3 Å². The van der Waals surface area contributed by atoms with Crippen molar-refractivity contribution in [2.75, 3.05) is 31.3 Å². The highest BCUT2D eigenvalue weighted by Crippen LogP contribution is 2.59. The third-order valence-electron chi connectivity index (χ3n) is 10.7. The van der Waals surface area contributed by atoms with Gasteiger partial charge >= 0.3 is 12.7 Å². The number of nitrogen functional groups attached to an aromatic ring is 2. The number of aliphatic hydroxyl groups is 2. The molecule has 28 heteroatoms. The number of H-pyrrole nitrogens is 1. The number of hydrogen-bond acceptors (Lipinski definition) is 20. The highest BCUT2D eigenvalue weighted by molar-refractivity contribution is 8.55. The number of fused-ring (bicyclic) bond motifs is 4. The topological polar surface area (TPSA) is 333 Å². The Morgan fingerprint density at radius 1 is 0.892 bits per heavy atom. The zero-order valence-electron chi connectivity index (χ0n) is 34.0. The van der Waals surface area contributed by atoms with Gasteiger partial charge in [-0.25, -0.2) is 34.9 Å². The number of hydrogen-bond donors (Lipinski definition) is 8. The van der Waals surface area contributed by atoms with Gasteiger partial charge in [-0.05, 0) is 71.6 Å². The molecule has 10 N–H and O–H groups in total. The fourth-order valence-corrected chi connectivity index (χ4v) is 12.9. The Balaban J connectivity index is 0.982. The van der Waals surface area contributed by atoms with Crippen LogP contribution in [-0.2, 0) is 40.6 Å². The molecule has 0 aliphatic carbocycles. The van der Waals surface area contributed by atoms with Crippen LogP contribution in [0.4, 0.5) is 11.8 Å². The van der Waals surface area contributed by atoms with E-state index in [1.165, 1.54) is 28.1 Å². The Bertz CT molecular complexity index is 2870. The van der Waals surface area contributed by atoms with E-state index in [4.69, 9.17) is 51.3 Å². The summed E-state index contributed by atoms with van der Waals surface area (Å²) in [5, 5.41) is 29.5. The standard InChI is InChI=1S/C37H42N12O12P2S2/c1-2-11-56-20-9-5-19(6-10-20)36(53)59-21-7-3-18(4-8-21)14-65-63(55)47-25-22(60-35(29(25)51)49-17-43-27-32(49)44-37(39)45-33(27)52)12-57-62(54,64)46-24-23(13-58-63)61-34(28(24)50)48-16-42-26-30(38)40-15-41-31(26)48/h3-10,15-17,22-25,28-29,34-35,50-51H,2,11-14H2,1H3,(H,47,55)(H2,38,40,41)(H2,46,54,64)(H3,39,44,45,52)/t22-,23-,24+,25-,28-,29-,34-,35-,62?,63+/m1/s1. The molecule has 65 heavy (non-hydrogen) atoms. The number of nitrogens with two attached hydrogens (primary N) is 2. The predicted molar refractivity (Wildman–Crippen MR) is 237 cm³/mol. The summed E-state index contributed by atoms with van der Waals surface area (Å²) in [6, 6.07) is 10.8. The SMILES string of the molecule is CCCOc1ccc(C(=O)Oc2ccc(CS[P@]3(=O)N[C@H]4[C@@H](O)[C@H](n5cnc6c(=O)[nH]c(N)nc65)O[C@@H]4COP(O)(=S)N[C@@H]4[C@@H](O)[C@H](n5cnc6c(N)ncnc65)O[C@@H]4CO3)cc2)cc1. The molecule has 0 saturated carbocycles. The molecule has 6 aromatic rings. The van der Waals surface area contributed by atoms with Crippen molar-refractivity contribution in [3.8, 4) is 11.5 Å². The lowest BCUT2D eigenvalue weighted by Gasteiger charge is -2.32. The molecule has 1 unspecified atom stereocenters. The van der Waals surface area contributed by atoms with Crippen LogP contribution in [-0.4, -0.2) is 116 Å². The number of aromatic nitrogens is 8. The largest absolute Gasteiger partial charge is 0.494 e. The van der Waals surface area contributed by atoms with Crippen molar-refractivity contribution in [1.29, 1.82) is 0 Å². The summed E-state index contributed by atoms with van der Waals surface area (Å²) in [4.78, 5) is 60.1. The minimum absolute atomic E-state index is 0.00587. The molecule has 9 rings (SSSR count). The average Bonchev–Trinajstić information content (AvgIpc) is 4.05. The monoisotopic (exact) mass is 972 g/mol. The van der Waals surface area contributed by atoms with E-state index in [9.17, 15) is 24.7 Å². The van der Waals surface area contributed by atoms with Crippen molar-refractivity contribution in [3.63, 3.8) is 0 Å². The first-order chi connectivity index (χ1) is 31.2. The molecule has 0 amide bonds. The number of benzene rings is 2. The van der Waals surface area contributed by atoms with Crippen molar-refractivity contribution in [2.45, 2.75) is 68.1 Å². The third-order valence-corrected chi connectivity index (χ3v) is 16.4. The second-order valence-electron chi connectivity index (χ2n) is 15.1. The number of rotatable bonds is 10. The molecule has 4 aromatic heterocycles. The van der Waals surface area contributed by atoms with Crippen LogP contribution in [0, 0.1) is 0 Å². The molecule has 3 aliphatic rings. The minimum atomic E-state index is -4.18. The molecule has 0 bridgehead atoms. The summed E-state index contributed by atoms with van der Waals surface area (Å²) in [7, 11) is 0. The van der Waals surface area contributed by atoms with Crippen molar-refractivity contribution >= 4 is 76.6 Å². The molecule has 2 aromatic carbocycles. The van der Waals surface area contributed by atoms with Crippen molar-refractivity contribution in [3.05, 3.63) is 89.0 Å². The lowest BCUT2D eigenvalue weighted by Crippen LogP contribution is -2.47. The fourth-order valence-electron chi connectivity index (χ4n) is 7.49. The molecular weight excluding hydrogens is 931 g/mol. The zero-order valence-corrected chi connectivity index (χ0v) is 37.4. The van der Waals surface area contributed by atoms with E-state index in [2.05, 4.69) is 40.1 Å². The van der Waals surface area contributed by atoms with Crippen LogP contribution in [0.1, 0.15) is 41.7 Å². The first-order valence-corrected chi connectivity index (χ1v) is 25.9. The quantitative estimate of drug-likeness (QED) is 0.0552. The van der Waals surface area contributed by atoms with Gasteiger partial charge in [-0.1, -0.05) is 19.1 Å². The van der Waals surface area contributed by atoms with Gasteiger partial charge in [-0.3, -0.25) is 23.5 Å². The lowest BCUT2D eigenvalue weighted by molar-refractivity contribution is -0.0467. The highest BCUT2D eigenvalue weighted by Gasteiger charge is 2.52. The molecule has 24 nitrogen and oxygen atoms in total. The number of nitrogens with one attached hydrogen (secondary N) is 3. The summed E-state index contributed by atoms with van der Waals surface area (Å²) in [5.74, 6) is 0.289. The van der Waals surface area contributed by atoms with Gasteiger partial charge in [-0.15, -0.1) is 0 Å². The molecule has 3 fully saturated rings. The van der Waals surface area contributed by atoms with Crippen LogP contribution in [0.5, 0.6) is 11.5 Å². The predicted octanol–water partition coefficient (Wildman–Crippen LogP) is 1.87. The average molecular weight is 973 g/mol. The fraction of sp³-hybridized carbons (Fsp3) is 0.378. The number of carbonyl (C=O) groups excluding carboxylic acids is 1. The second kappa shape index (κ2) is 18.4. The molecule has 344 valence electrons. The van der Waals surface area contributed by atoms with Crippen molar-refractivity contribution in [2.24, 2.45) is 0 Å². The number of esters is 1. The number of anilines is 2. The van der Waals surface area contributed by atoms with Gasteiger partial charge in [-0.2, -0.15) is 4.98 Å². The van der Waals surface area contributed by atoms with E-state index in [1.807, 2.05) is 6.92 Å². The van der Waals surface area contributed by atoms with Crippen molar-refractivity contribution in [1.82, 2.24) is 49.2 Å². The Morgan fingerprint density at radius 3 is 2.22 bits per heavy atom. The smallest absolute Gasteiger partial charge is 0.343 e. The van der Waals surface area contributed by atoms with E-state index < -0.39 is 87.1 Å². The van der Waals surface area contributed by atoms with E-state index in [1.54, 1.807) is 48.5 Å². The first kappa shape index (κ1) is 45.2. The third kappa shape index (κ3) is 9.40. The molecule has 3 saturated heterocycles. The summed E-state index contributed by atoms with van der Waals surface area (Å²) < 4.78 is 53.8. The van der Waals surface area contributed by atoms with Gasteiger partial charge in [0.1, 0.15) is 47.8 Å². The van der Waals surface area contributed by atoms with E-state index >= 15 is 4.57 Å². The van der Waals surface area contributed by atoms with Crippen molar-refractivity contribution < 1.29 is 52.5 Å². The summed E-state index contributed by atoms with van der Waals surface area (Å²) in [6.45, 7) is -6.57. The second-order valence-corrected chi connectivity index (χ2v) is 22.4. The molecule has 10 atom stereocenters. The van der Waals surface area contributed by atoms with Crippen LogP contribution >= 0.6 is 24.7 Å². The normalized spacial score (nSPS) is 29.5. The Morgan fingerprint density at radius 2 is 1.52 bits per heavy atom. The number of ether oxygens (including phenoxy) is 4. The molecular formula is C37H42N12O12P2S2. The number of imidazole rings is 2. The first-order valence-electron chi connectivity index (χ1n) is 20.0. The molecule has 3 aliphatic heterocycles. The zero-order chi connectivity index (χ0) is 45.6. The van der Waals surface area contributed by atoms with Gasteiger partial charge in [0.15, 0.2) is 35.1 Å². The van der Waals surface area contributed by atoms with Crippen LogP contribution in [0.2, 0.25) is 0 Å². The van der Waals surface area contributed by atoms with Crippen LogP contribution in [0.3, 0.4) is 0 Å². The van der Waals surface area contributed by atoms with Gasteiger partial charge < -0.3 is 54.6 Å². The van der Waals surface area contributed by atoms with Gasteiger partial charge in [0, 0.05) is 5.75 Å². The van der Waals surface area contributed by atoms with Crippen LogP contribution in [0.25, 0.3) is 22.3 Å². The number of aliphatic hydroxyl groups excluding tert-OH is 2. The van der Waals surface area contributed by atoms with E-state index in [0.29, 0.717) is 23.5 Å². The summed E-state index contributed by atoms with van der Waals surface area (Å²) >= 11 is 6.38. The maximum Gasteiger partial charge on any atom is 0.343 e. The lowest BCUT2D eigenvalue weighted by atomic mass is 10.1. The van der Waals surface area contributed by atoms with Gasteiger partial charge in [0.25, 0.3) is 12.2 Å². The van der Waals surface area contributed by atoms with E-state index in [0.717, 1.165) is 17.8 Å². The van der Waals surface area contributed by atoms with Gasteiger partial charge in [0.2, 0.25) is 5.95 Å². The Labute approximate surface area is 376 Å². The highest BCUT2D eigenvalue weighted by atomic mass is 32.7. The maximum absolute atomic E-state index is 15.2. The number of nitrogens with zero attached hydrogens (tertiary/aromatic N) is 7. The minimum Gasteiger partial charge on any atom is -0.494 e. The summed E-state index contributed by atoms with van der Waals surface area (Å²) in [5.41, 5.74) is 12.6. The maximum atomic E-state index is 15.2. The molecule has 0 spiro atoms. The number of carbonyl (C=O) groups is 1.